The van der Waals surface area contributed by atoms with Crippen LogP contribution < -0.4 is 0 Å². The average Bonchev–Trinajstić information content (AvgIpc) is 2.49. The first-order chi connectivity index (χ1) is 6.31. The van der Waals surface area contributed by atoms with E-state index >= 15 is 0 Å². The number of phenolic OH excluding ortho intramolecular Hbond substituents is 1. The average molecular weight is 177 g/mol. The highest BCUT2D eigenvalue weighted by Crippen LogP contribution is 2.25. The summed E-state index contributed by atoms with van der Waals surface area (Å²) in [6.07, 6.45) is 1.83. The lowest BCUT2D eigenvalue weighted by Crippen LogP contribution is -1.94. The van der Waals surface area contributed by atoms with Crippen LogP contribution in [0.1, 0.15) is 17.5 Å². The van der Waals surface area contributed by atoms with Crippen molar-refractivity contribution in [2.45, 2.75) is 12.8 Å². The van der Waals surface area contributed by atoms with Crippen molar-refractivity contribution in [3.63, 3.8) is 0 Å². The second kappa shape index (κ2) is 3.09. The zero-order valence-corrected chi connectivity index (χ0v) is 7.45. The Morgan fingerprint density at radius 3 is 3.00 bits per heavy atom. The molecule has 0 radical (unpaired) electrons. The van der Waals surface area contributed by atoms with E-state index in [0.717, 1.165) is 29.7 Å². The smallest absolute Gasteiger partial charge is 0.115 e. The first-order valence-corrected chi connectivity index (χ1v) is 4.23. The van der Waals surface area contributed by atoms with E-state index in [1.54, 1.807) is 19.2 Å². The number of fused-ring (bicyclic) bond motifs is 1. The van der Waals surface area contributed by atoms with Gasteiger partial charge in [-0.05, 0) is 36.6 Å². The van der Waals surface area contributed by atoms with Crippen LogP contribution in [0.5, 0.6) is 5.75 Å². The molecule has 0 atom stereocenters. The molecule has 1 aromatic rings. The lowest BCUT2D eigenvalue weighted by Gasteiger charge is -1.99. The Balaban J connectivity index is 2.44. The topological polar surface area (TPSA) is 41.8 Å². The van der Waals surface area contributed by atoms with Crippen molar-refractivity contribution in [2.75, 3.05) is 7.11 Å². The maximum Gasteiger partial charge on any atom is 0.115 e. The minimum absolute atomic E-state index is 0.317. The molecule has 0 aromatic heterocycles. The zero-order chi connectivity index (χ0) is 9.26. The molecule has 3 nitrogen and oxygen atoms in total. The van der Waals surface area contributed by atoms with E-state index in [-0.39, 0.29) is 0 Å². The molecule has 0 saturated carbocycles. The summed E-state index contributed by atoms with van der Waals surface area (Å²) in [5.41, 5.74) is 3.22. The van der Waals surface area contributed by atoms with Gasteiger partial charge in [0.15, 0.2) is 0 Å². The van der Waals surface area contributed by atoms with E-state index in [1.807, 2.05) is 6.07 Å². The Labute approximate surface area is 76.6 Å². The monoisotopic (exact) mass is 177 g/mol. The molecule has 13 heavy (non-hydrogen) atoms. The summed E-state index contributed by atoms with van der Waals surface area (Å²) in [7, 11) is 1.55. The van der Waals surface area contributed by atoms with Crippen LogP contribution in [0, 0.1) is 0 Å². The van der Waals surface area contributed by atoms with Crippen LogP contribution in [0.2, 0.25) is 0 Å². The van der Waals surface area contributed by atoms with Crippen LogP contribution in [0.3, 0.4) is 0 Å². The maximum atomic E-state index is 9.24. The lowest BCUT2D eigenvalue weighted by atomic mass is 10.1. The highest BCUT2D eigenvalue weighted by molar-refractivity contribution is 6.04. The second-order valence-electron chi connectivity index (χ2n) is 3.06. The number of rotatable bonds is 1. The third-order valence-corrected chi connectivity index (χ3v) is 2.23. The summed E-state index contributed by atoms with van der Waals surface area (Å²) in [6, 6.07) is 5.35. The van der Waals surface area contributed by atoms with Gasteiger partial charge in [-0.25, -0.2) is 0 Å². The minimum atomic E-state index is 0.317. The van der Waals surface area contributed by atoms with Gasteiger partial charge in [-0.2, -0.15) is 0 Å². The van der Waals surface area contributed by atoms with Crippen LogP contribution in [-0.4, -0.2) is 17.9 Å². The number of benzene rings is 1. The van der Waals surface area contributed by atoms with Crippen LogP contribution in [-0.2, 0) is 11.3 Å². The molecule has 2 rings (SSSR count). The molecule has 0 spiro atoms. The Kier molecular flexibility index (Phi) is 1.93. The van der Waals surface area contributed by atoms with Gasteiger partial charge in [-0.15, -0.1) is 0 Å². The highest BCUT2D eigenvalue weighted by atomic mass is 16.6. The van der Waals surface area contributed by atoms with E-state index in [9.17, 15) is 5.11 Å². The van der Waals surface area contributed by atoms with Crippen molar-refractivity contribution >= 4 is 5.71 Å². The molecule has 1 aliphatic rings. The van der Waals surface area contributed by atoms with E-state index < -0.39 is 0 Å². The zero-order valence-electron chi connectivity index (χ0n) is 7.45. The van der Waals surface area contributed by atoms with Crippen molar-refractivity contribution in [3.05, 3.63) is 29.3 Å². The molecular formula is C10H11NO2. The third kappa shape index (κ3) is 1.37. The number of phenols is 1. The molecule has 0 bridgehead atoms. The Bertz CT molecular complexity index is 358. The summed E-state index contributed by atoms with van der Waals surface area (Å²) >= 11 is 0. The molecule has 68 valence electrons. The highest BCUT2D eigenvalue weighted by Gasteiger charge is 2.18. The van der Waals surface area contributed by atoms with Gasteiger partial charge in [0.25, 0.3) is 0 Å². The standard InChI is InChI=1S/C10H11NO2/c1-13-11-10-5-2-7-6-8(12)3-4-9(7)10/h3-4,6,12H,2,5H2,1H3/b11-10+. The van der Waals surface area contributed by atoms with Gasteiger partial charge in [0.1, 0.15) is 12.9 Å². The number of aromatic hydroxyl groups is 1. The number of nitrogens with zero attached hydrogens (tertiary/aromatic N) is 1. The largest absolute Gasteiger partial charge is 0.508 e. The fraction of sp³-hybridized carbons (Fsp3) is 0.300. The van der Waals surface area contributed by atoms with Gasteiger partial charge in [0.2, 0.25) is 0 Å². The molecule has 3 heteroatoms. The predicted molar refractivity (Wildman–Crippen MR) is 50.0 cm³/mol. The van der Waals surface area contributed by atoms with Gasteiger partial charge in [0, 0.05) is 5.56 Å². The summed E-state index contributed by atoms with van der Waals surface area (Å²) in [6.45, 7) is 0. The van der Waals surface area contributed by atoms with E-state index in [4.69, 9.17) is 4.84 Å². The van der Waals surface area contributed by atoms with Crippen LogP contribution in [0.25, 0.3) is 0 Å². The molecule has 1 aliphatic carbocycles. The Morgan fingerprint density at radius 1 is 1.38 bits per heavy atom. The summed E-state index contributed by atoms with van der Waals surface area (Å²) in [5.74, 6) is 0.317. The molecule has 0 heterocycles. The van der Waals surface area contributed by atoms with E-state index in [0.29, 0.717) is 5.75 Å². The molecule has 1 aromatic carbocycles. The fourth-order valence-electron chi connectivity index (χ4n) is 1.66. The van der Waals surface area contributed by atoms with Crippen molar-refractivity contribution in [1.82, 2.24) is 0 Å². The molecule has 0 saturated heterocycles. The van der Waals surface area contributed by atoms with Crippen molar-refractivity contribution in [1.29, 1.82) is 0 Å². The Hall–Kier alpha value is -1.51. The van der Waals surface area contributed by atoms with Gasteiger partial charge < -0.3 is 9.94 Å². The maximum absolute atomic E-state index is 9.24. The van der Waals surface area contributed by atoms with Gasteiger partial charge in [-0.1, -0.05) is 5.16 Å². The molecule has 0 fully saturated rings. The minimum Gasteiger partial charge on any atom is -0.508 e. The van der Waals surface area contributed by atoms with Gasteiger partial charge in [0.05, 0.1) is 5.71 Å². The van der Waals surface area contributed by atoms with E-state index in [1.165, 1.54) is 0 Å². The predicted octanol–water partition coefficient (Wildman–Crippen LogP) is 1.69. The number of oxime groups is 1. The quantitative estimate of drug-likeness (QED) is 0.663. The molecular weight excluding hydrogens is 166 g/mol. The SMILES string of the molecule is CO/N=C1\CCc2cc(O)ccc21. The molecule has 0 aliphatic heterocycles. The number of hydrogen-bond donors (Lipinski definition) is 1. The van der Waals surface area contributed by atoms with Crippen LogP contribution >= 0.6 is 0 Å². The van der Waals surface area contributed by atoms with E-state index in [2.05, 4.69) is 5.16 Å². The summed E-state index contributed by atoms with van der Waals surface area (Å²) < 4.78 is 0. The van der Waals surface area contributed by atoms with Crippen LogP contribution in [0.4, 0.5) is 0 Å². The summed E-state index contributed by atoms with van der Waals surface area (Å²) in [5, 5.41) is 13.2. The van der Waals surface area contributed by atoms with Crippen molar-refractivity contribution in [2.24, 2.45) is 5.16 Å². The van der Waals surface area contributed by atoms with Gasteiger partial charge >= 0.3 is 0 Å². The molecule has 0 unspecified atom stereocenters. The lowest BCUT2D eigenvalue weighted by molar-refractivity contribution is 0.213. The normalized spacial score (nSPS) is 17.5. The first-order valence-electron chi connectivity index (χ1n) is 4.23. The number of aryl methyl sites for hydroxylation is 1. The fourth-order valence-corrected chi connectivity index (χ4v) is 1.66. The molecule has 0 amide bonds. The number of hydrogen-bond acceptors (Lipinski definition) is 3. The first kappa shape index (κ1) is 8.10. The van der Waals surface area contributed by atoms with Crippen LogP contribution in [0.15, 0.2) is 23.4 Å². The Morgan fingerprint density at radius 2 is 2.23 bits per heavy atom. The third-order valence-electron chi connectivity index (χ3n) is 2.23. The molecule has 1 N–H and O–H groups in total. The van der Waals surface area contributed by atoms with Crippen molar-refractivity contribution in [3.8, 4) is 5.75 Å². The summed E-state index contributed by atoms with van der Waals surface area (Å²) in [4.78, 5) is 4.74. The van der Waals surface area contributed by atoms with Gasteiger partial charge in [-0.3, -0.25) is 0 Å². The second-order valence-corrected chi connectivity index (χ2v) is 3.06. The van der Waals surface area contributed by atoms with Crippen molar-refractivity contribution < 1.29 is 9.94 Å².